The van der Waals surface area contributed by atoms with Gasteiger partial charge in [-0.2, -0.15) is 0 Å². The third kappa shape index (κ3) is 6.06. The molecule has 0 unspecified atom stereocenters. The topological polar surface area (TPSA) is 77.9 Å². The number of ether oxygens (including phenoxy) is 1. The van der Waals surface area contributed by atoms with Crippen LogP contribution in [0.15, 0.2) is 42.6 Å². The first-order chi connectivity index (χ1) is 14.1. The number of para-hydroxylation sites is 1. The van der Waals surface area contributed by atoms with Crippen molar-refractivity contribution in [2.45, 2.75) is 25.3 Å². The molecule has 1 saturated heterocycles. The number of pyridine rings is 1. The van der Waals surface area contributed by atoms with Crippen LogP contribution in [0, 0.1) is 0 Å². The molecule has 0 saturated carbocycles. The van der Waals surface area contributed by atoms with Crippen LogP contribution in [0.2, 0.25) is 5.02 Å². The van der Waals surface area contributed by atoms with E-state index < -0.39 is 0 Å². The molecule has 1 fully saturated rings. The van der Waals surface area contributed by atoms with E-state index in [-0.39, 0.29) is 12.6 Å². The quantitative estimate of drug-likeness (QED) is 0.714. The number of amides is 2. The van der Waals surface area contributed by atoms with Crippen LogP contribution < -0.4 is 10.1 Å². The van der Waals surface area contributed by atoms with Gasteiger partial charge in [0.15, 0.2) is 0 Å². The number of nitrogens with zero attached hydrogens (tertiary/aromatic N) is 3. The molecule has 2 aromatic rings. The summed E-state index contributed by atoms with van der Waals surface area (Å²) in [6, 6.07) is 10.9. The maximum Gasteiger partial charge on any atom is 0.321 e. The summed E-state index contributed by atoms with van der Waals surface area (Å²) in [5, 5.41) is 12.4. The number of hydrogen-bond donors (Lipinski definition) is 2. The summed E-state index contributed by atoms with van der Waals surface area (Å²) < 4.78 is 5.72. The Morgan fingerprint density at radius 1 is 1.34 bits per heavy atom. The average Bonchev–Trinajstić information content (AvgIpc) is 2.74. The van der Waals surface area contributed by atoms with Crippen molar-refractivity contribution in [3.05, 3.63) is 47.6 Å². The summed E-state index contributed by atoms with van der Waals surface area (Å²) in [6.07, 6.45) is 4.21. The Kier molecular flexibility index (Phi) is 7.69. The van der Waals surface area contributed by atoms with Crippen molar-refractivity contribution in [2.24, 2.45) is 0 Å². The van der Waals surface area contributed by atoms with Gasteiger partial charge in [0.1, 0.15) is 5.75 Å². The minimum absolute atomic E-state index is 0.128. The smallest absolute Gasteiger partial charge is 0.321 e. The van der Waals surface area contributed by atoms with E-state index in [2.05, 4.69) is 22.2 Å². The zero-order chi connectivity index (χ0) is 20.6. The minimum Gasteiger partial charge on any atom is -0.437 e. The van der Waals surface area contributed by atoms with E-state index in [1.54, 1.807) is 30.5 Å². The van der Waals surface area contributed by atoms with Gasteiger partial charge in [-0.3, -0.25) is 0 Å². The Balaban J connectivity index is 1.53. The third-order valence-electron chi connectivity index (χ3n) is 5.08. The van der Waals surface area contributed by atoms with Gasteiger partial charge in [-0.05, 0) is 44.5 Å². The number of anilines is 1. The summed E-state index contributed by atoms with van der Waals surface area (Å²) in [4.78, 5) is 20.9. The van der Waals surface area contributed by atoms with Gasteiger partial charge >= 0.3 is 6.03 Å². The molecule has 0 atom stereocenters. The second-order valence-corrected chi connectivity index (χ2v) is 7.53. The first kappa shape index (κ1) is 21.4. The van der Waals surface area contributed by atoms with Gasteiger partial charge in [0.05, 0.1) is 5.02 Å². The highest BCUT2D eigenvalue weighted by Crippen LogP contribution is 2.28. The predicted molar refractivity (Wildman–Crippen MR) is 114 cm³/mol. The summed E-state index contributed by atoms with van der Waals surface area (Å²) in [7, 11) is 2.08. The fourth-order valence-corrected chi connectivity index (χ4v) is 3.57. The van der Waals surface area contributed by atoms with Crippen molar-refractivity contribution >= 4 is 23.3 Å². The van der Waals surface area contributed by atoms with Gasteiger partial charge < -0.3 is 25.0 Å². The summed E-state index contributed by atoms with van der Waals surface area (Å²) >= 11 is 6.12. The van der Waals surface area contributed by atoms with Crippen molar-refractivity contribution in [1.82, 2.24) is 14.8 Å². The number of hydrogen-bond acceptors (Lipinski definition) is 5. The highest BCUT2D eigenvalue weighted by molar-refractivity contribution is 6.32. The van der Waals surface area contributed by atoms with Crippen LogP contribution in [0.4, 0.5) is 10.5 Å². The molecule has 2 amide bonds. The SMILES string of the molecule is CN(CCCO)C1CCN(C(=O)Nc2ccnc(Oc3ccccc3Cl)c2)CC1. The Morgan fingerprint density at radius 2 is 2.10 bits per heavy atom. The van der Waals surface area contributed by atoms with Gasteiger partial charge in [0.25, 0.3) is 0 Å². The minimum atomic E-state index is -0.128. The molecule has 0 radical (unpaired) electrons. The number of halogens is 1. The monoisotopic (exact) mass is 418 g/mol. The molecule has 1 aromatic carbocycles. The number of likely N-dealkylation sites (tertiary alicyclic amines) is 1. The van der Waals surface area contributed by atoms with E-state index in [9.17, 15) is 4.79 Å². The lowest BCUT2D eigenvalue weighted by Gasteiger charge is -2.36. The lowest BCUT2D eigenvalue weighted by Crippen LogP contribution is -2.47. The molecule has 7 nitrogen and oxygen atoms in total. The van der Waals surface area contributed by atoms with Gasteiger partial charge in [0, 0.05) is 50.2 Å². The van der Waals surface area contributed by atoms with Crippen LogP contribution in [0.3, 0.4) is 0 Å². The second kappa shape index (κ2) is 10.4. The van der Waals surface area contributed by atoms with Gasteiger partial charge in [-0.1, -0.05) is 23.7 Å². The molecule has 2 heterocycles. The molecule has 1 aromatic heterocycles. The normalized spacial score (nSPS) is 14.8. The molecule has 3 rings (SSSR count). The predicted octanol–water partition coefficient (Wildman–Crippen LogP) is 3.84. The number of aliphatic hydroxyl groups excluding tert-OH is 1. The summed E-state index contributed by atoms with van der Waals surface area (Å²) in [5.74, 6) is 0.873. The third-order valence-corrected chi connectivity index (χ3v) is 5.39. The Bertz CT molecular complexity index is 812. The number of carbonyl (C=O) groups is 1. The molecule has 1 aliphatic heterocycles. The van der Waals surface area contributed by atoms with Crippen molar-refractivity contribution in [3.63, 3.8) is 0 Å². The van der Waals surface area contributed by atoms with Crippen LogP contribution in [-0.2, 0) is 0 Å². The summed E-state index contributed by atoms with van der Waals surface area (Å²) in [6.45, 7) is 2.49. The Morgan fingerprint density at radius 3 is 2.83 bits per heavy atom. The highest BCUT2D eigenvalue weighted by Gasteiger charge is 2.25. The number of nitrogens with one attached hydrogen (secondary N) is 1. The van der Waals surface area contributed by atoms with Gasteiger partial charge in [-0.15, -0.1) is 0 Å². The number of piperidine rings is 1. The van der Waals surface area contributed by atoms with Crippen molar-refractivity contribution in [2.75, 3.05) is 38.6 Å². The molecule has 8 heteroatoms. The number of benzene rings is 1. The van der Waals surface area contributed by atoms with Crippen molar-refractivity contribution in [1.29, 1.82) is 0 Å². The number of rotatable bonds is 7. The molecule has 2 N–H and O–H groups in total. The molecule has 0 aliphatic carbocycles. The van der Waals surface area contributed by atoms with Crippen LogP contribution in [-0.4, -0.2) is 65.3 Å². The number of aromatic nitrogens is 1. The average molecular weight is 419 g/mol. The van der Waals surface area contributed by atoms with Gasteiger partial charge in [0.2, 0.25) is 5.88 Å². The molecular formula is C21H27ClN4O3. The lowest BCUT2D eigenvalue weighted by molar-refractivity contribution is 0.134. The Hall–Kier alpha value is -2.35. The van der Waals surface area contributed by atoms with Crippen LogP contribution >= 0.6 is 11.6 Å². The van der Waals surface area contributed by atoms with Crippen LogP contribution in [0.5, 0.6) is 11.6 Å². The highest BCUT2D eigenvalue weighted by atomic mass is 35.5. The zero-order valence-corrected chi connectivity index (χ0v) is 17.3. The second-order valence-electron chi connectivity index (χ2n) is 7.12. The largest absolute Gasteiger partial charge is 0.437 e. The maximum atomic E-state index is 12.6. The maximum absolute atomic E-state index is 12.6. The standard InChI is InChI=1S/C21H27ClN4O3/c1-25(11-4-14-27)17-8-12-26(13-9-17)21(28)24-16-7-10-23-20(15-16)29-19-6-3-2-5-18(19)22/h2-3,5-7,10,15,17,27H,4,8-9,11-14H2,1H3,(H,23,24,28). The van der Waals surface area contributed by atoms with Crippen molar-refractivity contribution in [3.8, 4) is 11.6 Å². The number of aliphatic hydroxyl groups is 1. The molecular weight excluding hydrogens is 392 g/mol. The fourth-order valence-electron chi connectivity index (χ4n) is 3.40. The first-order valence-corrected chi connectivity index (χ1v) is 10.2. The molecule has 0 spiro atoms. The number of carbonyl (C=O) groups excluding carboxylic acids is 1. The van der Waals surface area contributed by atoms with E-state index in [0.29, 0.717) is 41.5 Å². The Labute approximate surface area is 176 Å². The lowest BCUT2D eigenvalue weighted by atomic mass is 10.0. The van der Waals surface area contributed by atoms with E-state index >= 15 is 0 Å². The zero-order valence-electron chi connectivity index (χ0n) is 16.6. The molecule has 0 bridgehead atoms. The molecule has 29 heavy (non-hydrogen) atoms. The summed E-state index contributed by atoms with van der Waals surface area (Å²) in [5.41, 5.74) is 0.620. The van der Waals surface area contributed by atoms with Crippen molar-refractivity contribution < 1.29 is 14.6 Å². The van der Waals surface area contributed by atoms with E-state index in [0.717, 1.165) is 25.8 Å². The first-order valence-electron chi connectivity index (χ1n) is 9.82. The van der Waals surface area contributed by atoms with Gasteiger partial charge in [-0.25, -0.2) is 9.78 Å². The molecule has 156 valence electrons. The van der Waals surface area contributed by atoms with Crippen LogP contribution in [0.1, 0.15) is 19.3 Å². The molecule has 1 aliphatic rings. The van der Waals surface area contributed by atoms with E-state index in [1.807, 2.05) is 17.0 Å². The number of urea groups is 1. The fraction of sp³-hybridized carbons (Fsp3) is 0.429. The van der Waals surface area contributed by atoms with E-state index in [1.165, 1.54) is 0 Å². The van der Waals surface area contributed by atoms with Crippen LogP contribution in [0.25, 0.3) is 0 Å². The van der Waals surface area contributed by atoms with E-state index in [4.69, 9.17) is 21.4 Å².